The Bertz CT molecular complexity index is 516. The predicted molar refractivity (Wildman–Crippen MR) is 85.4 cm³/mol. The number of piperidine rings is 1. The quantitative estimate of drug-likeness (QED) is 0.829. The first-order chi connectivity index (χ1) is 10.3. The van der Waals surface area contributed by atoms with Gasteiger partial charge < -0.3 is 4.90 Å². The van der Waals surface area contributed by atoms with Crippen LogP contribution in [0.2, 0.25) is 0 Å². The van der Waals surface area contributed by atoms with Gasteiger partial charge in [-0.25, -0.2) is 0 Å². The molecule has 0 bridgehead atoms. The van der Waals surface area contributed by atoms with E-state index in [1.807, 2.05) is 0 Å². The molecular weight excluding hydrogens is 260 g/mol. The maximum Gasteiger partial charge on any atom is 0.169 e. The van der Waals surface area contributed by atoms with Crippen molar-refractivity contribution in [3.05, 3.63) is 16.8 Å². The number of aryl methyl sites for hydroxylation is 1. The Morgan fingerprint density at radius 3 is 2.62 bits per heavy atom. The first-order valence-corrected chi connectivity index (χ1v) is 8.31. The topological polar surface area (TPSA) is 52.8 Å². The molecule has 1 unspecified atom stereocenters. The van der Waals surface area contributed by atoms with Crippen LogP contribution in [0, 0.1) is 11.3 Å². The monoisotopic (exact) mass is 286 g/mol. The van der Waals surface area contributed by atoms with Crippen LogP contribution < -0.4 is 4.90 Å². The fourth-order valence-electron chi connectivity index (χ4n) is 3.39. The average Bonchev–Trinajstić information content (AvgIpc) is 2.54. The molecule has 0 N–H and O–H groups in total. The Morgan fingerprint density at radius 1 is 1.19 bits per heavy atom. The van der Waals surface area contributed by atoms with Crippen LogP contribution in [0.4, 0.5) is 5.82 Å². The summed E-state index contributed by atoms with van der Waals surface area (Å²) in [6.45, 7) is 7.40. The molecule has 0 aromatic carbocycles. The fourth-order valence-corrected chi connectivity index (χ4v) is 3.39. The van der Waals surface area contributed by atoms with Crippen LogP contribution >= 0.6 is 0 Å². The lowest BCUT2D eigenvalue weighted by atomic mass is 9.96. The molecule has 0 radical (unpaired) electrons. The lowest BCUT2D eigenvalue weighted by molar-refractivity contribution is 0.430. The molecule has 0 spiro atoms. The minimum Gasteiger partial charge on any atom is -0.351 e. The Kier molecular flexibility index (Phi) is 5.55. The van der Waals surface area contributed by atoms with Crippen molar-refractivity contribution in [2.75, 3.05) is 11.4 Å². The van der Waals surface area contributed by atoms with Crippen LogP contribution in [-0.4, -0.2) is 22.8 Å². The van der Waals surface area contributed by atoms with E-state index in [1.54, 1.807) is 0 Å². The van der Waals surface area contributed by atoms with Gasteiger partial charge in [0.1, 0.15) is 11.6 Å². The number of nitrogens with zero attached hydrogens (tertiary/aromatic N) is 4. The minimum atomic E-state index is 0.516. The van der Waals surface area contributed by atoms with E-state index in [2.05, 4.69) is 41.9 Å². The van der Waals surface area contributed by atoms with Crippen LogP contribution in [-0.2, 0) is 12.8 Å². The summed E-state index contributed by atoms with van der Waals surface area (Å²) in [6.07, 6.45) is 7.70. The molecular formula is C17H26N4. The lowest BCUT2D eigenvalue weighted by Crippen LogP contribution is -2.41. The van der Waals surface area contributed by atoms with Gasteiger partial charge in [0, 0.05) is 12.6 Å². The van der Waals surface area contributed by atoms with E-state index >= 15 is 0 Å². The molecule has 1 aromatic rings. The molecule has 2 rings (SSSR count). The minimum absolute atomic E-state index is 0.516. The Hall–Kier alpha value is -1.63. The van der Waals surface area contributed by atoms with Gasteiger partial charge in [0.15, 0.2) is 5.82 Å². The summed E-state index contributed by atoms with van der Waals surface area (Å²) in [6, 6.07) is 2.92. The number of aromatic nitrogens is 2. The van der Waals surface area contributed by atoms with Gasteiger partial charge in [0.25, 0.3) is 0 Å². The van der Waals surface area contributed by atoms with Gasteiger partial charge in [-0.1, -0.05) is 27.2 Å². The predicted octanol–water partition coefficient (Wildman–Crippen LogP) is 3.63. The van der Waals surface area contributed by atoms with E-state index in [4.69, 9.17) is 0 Å². The second-order valence-corrected chi connectivity index (χ2v) is 5.77. The third-order valence-corrected chi connectivity index (χ3v) is 4.46. The van der Waals surface area contributed by atoms with Gasteiger partial charge in [0.2, 0.25) is 0 Å². The molecule has 1 saturated heterocycles. The Balaban J connectivity index is 2.44. The van der Waals surface area contributed by atoms with Gasteiger partial charge >= 0.3 is 0 Å². The number of hydrogen-bond acceptors (Lipinski definition) is 4. The van der Waals surface area contributed by atoms with Crippen molar-refractivity contribution in [2.24, 2.45) is 0 Å². The molecule has 0 saturated carbocycles. The lowest BCUT2D eigenvalue weighted by Gasteiger charge is -2.37. The van der Waals surface area contributed by atoms with E-state index in [9.17, 15) is 5.26 Å². The summed E-state index contributed by atoms with van der Waals surface area (Å²) >= 11 is 0. The van der Waals surface area contributed by atoms with Crippen molar-refractivity contribution in [2.45, 2.75) is 71.8 Å². The van der Waals surface area contributed by atoms with Crippen LogP contribution in [0.5, 0.6) is 0 Å². The van der Waals surface area contributed by atoms with Gasteiger partial charge in [-0.05, 0) is 44.1 Å². The van der Waals surface area contributed by atoms with Crippen molar-refractivity contribution < 1.29 is 0 Å². The second kappa shape index (κ2) is 7.40. The molecule has 114 valence electrons. The molecule has 1 aliphatic rings. The van der Waals surface area contributed by atoms with Gasteiger partial charge in [-0.2, -0.15) is 10.4 Å². The highest BCUT2D eigenvalue weighted by Crippen LogP contribution is 2.30. The summed E-state index contributed by atoms with van der Waals surface area (Å²) in [5.74, 6) is 0.824. The third kappa shape index (κ3) is 3.18. The maximum atomic E-state index is 9.65. The second-order valence-electron chi connectivity index (χ2n) is 5.77. The molecule has 1 aromatic heterocycles. The molecule has 1 fully saturated rings. The van der Waals surface area contributed by atoms with Crippen LogP contribution in [0.1, 0.15) is 69.7 Å². The van der Waals surface area contributed by atoms with E-state index in [-0.39, 0.29) is 0 Å². The first kappa shape index (κ1) is 15.8. The van der Waals surface area contributed by atoms with Crippen molar-refractivity contribution >= 4 is 5.82 Å². The number of rotatable bonds is 5. The van der Waals surface area contributed by atoms with Crippen molar-refractivity contribution in [3.8, 4) is 6.07 Å². The van der Waals surface area contributed by atoms with E-state index < -0.39 is 0 Å². The number of nitriles is 1. The summed E-state index contributed by atoms with van der Waals surface area (Å²) in [5.41, 5.74) is 2.82. The summed E-state index contributed by atoms with van der Waals surface area (Å²) in [5, 5.41) is 18.5. The summed E-state index contributed by atoms with van der Waals surface area (Å²) in [4.78, 5) is 2.34. The first-order valence-electron chi connectivity index (χ1n) is 8.31. The number of anilines is 1. The van der Waals surface area contributed by atoms with E-state index in [0.717, 1.165) is 42.0 Å². The highest BCUT2D eigenvalue weighted by atomic mass is 15.3. The zero-order valence-electron chi connectivity index (χ0n) is 13.5. The standard InChI is InChI=1S/C17H26N4/c1-4-9-13-10-7-8-11-21(13)17-15(12-18)14(5-2)16(6-3)19-20-17/h13H,4-11H2,1-3H3. The van der Waals surface area contributed by atoms with E-state index in [1.165, 1.54) is 32.1 Å². The zero-order chi connectivity index (χ0) is 15.2. The zero-order valence-corrected chi connectivity index (χ0v) is 13.5. The molecule has 0 aliphatic carbocycles. The molecule has 21 heavy (non-hydrogen) atoms. The largest absolute Gasteiger partial charge is 0.351 e. The molecule has 1 atom stereocenters. The highest BCUT2D eigenvalue weighted by molar-refractivity contribution is 5.58. The van der Waals surface area contributed by atoms with E-state index in [0.29, 0.717) is 6.04 Å². The maximum absolute atomic E-state index is 9.65. The van der Waals surface area contributed by atoms with Gasteiger partial charge in [-0.15, -0.1) is 5.10 Å². The van der Waals surface area contributed by atoms with Crippen LogP contribution in [0.3, 0.4) is 0 Å². The highest BCUT2D eigenvalue weighted by Gasteiger charge is 2.27. The van der Waals surface area contributed by atoms with Crippen molar-refractivity contribution in [1.82, 2.24) is 10.2 Å². The van der Waals surface area contributed by atoms with Gasteiger partial charge in [0.05, 0.1) is 5.69 Å². The van der Waals surface area contributed by atoms with Gasteiger partial charge in [-0.3, -0.25) is 0 Å². The average molecular weight is 286 g/mol. The summed E-state index contributed by atoms with van der Waals surface area (Å²) in [7, 11) is 0. The molecule has 1 aliphatic heterocycles. The molecule has 0 amide bonds. The normalized spacial score (nSPS) is 18.6. The van der Waals surface area contributed by atoms with Crippen molar-refractivity contribution in [3.63, 3.8) is 0 Å². The smallest absolute Gasteiger partial charge is 0.169 e. The van der Waals surface area contributed by atoms with Crippen molar-refractivity contribution in [1.29, 1.82) is 5.26 Å². The molecule has 4 nitrogen and oxygen atoms in total. The third-order valence-electron chi connectivity index (χ3n) is 4.46. The summed E-state index contributed by atoms with van der Waals surface area (Å²) < 4.78 is 0. The fraction of sp³-hybridized carbons (Fsp3) is 0.706. The van der Waals surface area contributed by atoms with Crippen LogP contribution in [0.15, 0.2) is 0 Å². The number of hydrogen-bond donors (Lipinski definition) is 0. The molecule has 4 heteroatoms. The molecule has 2 heterocycles. The Labute approximate surface area is 128 Å². The SMILES string of the molecule is CCCC1CCCCN1c1nnc(CC)c(CC)c1C#N. The van der Waals surface area contributed by atoms with Crippen LogP contribution in [0.25, 0.3) is 0 Å². The Morgan fingerprint density at radius 2 is 2.00 bits per heavy atom.